The van der Waals surface area contributed by atoms with Gasteiger partial charge in [0, 0.05) is 56.1 Å². The van der Waals surface area contributed by atoms with Crippen LogP contribution in [-0.2, 0) is 4.79 Å². The molecule has 0 aliphatic carbocycles. The van der Waals surface area contributed by atoms with E-state index in [0.717, 1.165) is 49.6 Å². The number of anilines is 1. The minimum Gasteiger partial charge on any atom is -0.496 e. The van der Waals surface area contributed by atoms with Gasteiger partial charge in [0.25, 0.3) is 5.91 Å². The Labute approximate surface area is 196 Å². The smallest absolute Gasteiger partial charge is 0.251 e. The third kappa shape index (κ3) is 6.02. The van der Waals surface area contributed by atoms with Crippen molar-refractivity contribution in [3.63, 3.8) is 0 Å². The first-order chi connectivity index (χ1) is 16.2. The number of benzene rings is 3. The Morgan fingerprint density at radius 2 is 1.52 bits per heavy atom. The second-order valence-corrected chi connectivity index (χ2v) is 8.09. The molecule has 1 amide bonds. The van der Waals surface area contributed by atoms with E-state index in [0.29, 0.717) is 12.1 Å². The van der Waals surface area contributed by atoms with E-state index in [4.69, 9.17) is 4.74 Å². The van der Waals surface area contributed by atoms with Crippen LogP contribution >= 0.6 is 0 Å². The van der Waals surface area contributed by atoms with Crippen LogP contribution in [0.15, 0.2) is 84.9 Å². The lowest BCUT2D eigenvalue weighted by Crippen LogP contribution is -2.48. The van der Waals surface area contributed by atoms with Crippen LogP contribution in [0.25, 0.3) is 11.6 Å². The summed E-state index contributed by atoms with van der Waals surface area (Å²) in [5, 5.41) is 3.13. The maximum Gasteiger partial charge on any atom is 0.251 e. The van der Waals surface area contributed by atoms with Crippen molar-refractivity contribution in [1.29, 1.82) is 0 Å². The highest BCUT2D eigenvalue weighted by Crippen LogP contribution is 2.25. The molecule has 5 heteroatoms. The SMILES string of the molecule is COc1ccccc1/C=C(/C(=O)NCCN1CCN(c2ccccc2)CC1)c1ccccc1. The van der Waals surface area contributed by atoms with Crippen LogP contribution in [0.4, 0.5) is 5.69 Å². The van der Waals surface area contributed by atoms with E-state index in [1.54, 1.807) is 7.11 Å². The molecule has 0 saturated carbocycles. The average molecular weight is 442 g/mol. The first kappa shape index (κ1) is 22.6. The highest BCUT2D eigenvalue weighted by Gasteiger charge is 2.18. The van der Waals surface area contributed by atoms with Crippen LogP contribution in [-0.4, -0.2) is 57.2 Å². The molecule has 0 unspecified atom stereocenters. The summed E-state index contributed by atoms with van der Waals surface area (Å²) in [7, 11) is 1.65. The summed E-state index contributed by atoms with van der Waals surface area (Å²) < 4.78 is 5.48. The summed E-state index contributed by atoms with van der Waals surface area (Å²) in [6.07, 6.45) is 1.90. The number of carbonyl (C=O) groups is 1. The van der Waals surface area contributed by atoms with Gasteiger partial charge in [-0.25, -0.2) is 0 Å². The van der Waals surface area contributed by atoms with E-state index in [1.807, 2.05) is 60.7 Å². The van der Waals surface area contributed by atoms with E-state index < -0.39 is 0 Å². The van der Waals surface area contributed by atoms with Crippen molar-refractivity contribution in [2.24, 2.45) is 0 Å². The third-order valence-corrected chi connectivity index (χ3v) is 5.98. The summed E-state index contributed by atoms with van der Waals surface area (Å²) in [5.74, 6) is 0.671. The standard InChI is InChI=1S/C28H31N3O2/c1-33-27-15-9-8-12-24(27)22-26(23-10-4-2-5-11-23)28(32)29-16-17-30-18-20-31(21-19-30)25-13-6-3-7-14-25/h2-15,22H,16-21H2,1H3,(H,29,32)/b26-22+. The van der Waals surface area contributed by atoms with Crippen molar-refractivity contribution in [2.75, 3.05) is 51.3 Å². The number of nitrogens with zero attached hydrogens (tertiary/aromatic N) is 2. The van der Waals surface area contributed by atoms with Gasteiger partial charge in [0.05, 0.1) is 7.11 Å². The molecular formula is C28H31N3O2. The second kappa shape index (κ2) is 11.3. The fourth-order valence-electron chi connectivity index (χ4n) is 4.13. The highest BCUT2D eigenvalue weighted by molar-refractivity contribution is 6.24. The average Bonchev–Trinajstić information content (AvgIpc) is 2.89. The largest absolute Gasteiger partial charge is 0.496 e. The number of carbonyl (C=O) groups excluding carboxylic acids is 1. The lowest BCUT2D eigenvalue weighted by Gasteiger charge is -2.36. The van der Waals surface area contributed by atoms with Crippen LogP contribution in [0.3, 0.4) is 0 Å². The molecule has 3 aromatic carbocycles. The van der Waals surface area contributed by atoms with Crippen LogP contribution < -0.4 is 15.0 Å². The molecule has 1 N–H and O–H groups in total. The summed E-state index contributed by atoms with van der Waals surface area (Å²) in [6, 6.07) is 28.1. The van der Waals surface area contributed by atoms with Gasteiger partial charge in [0.1, 0.15) is 5.75 Å². The van der Waals surface area contributed by atoms with Gasteiger partial charge in [0.15, 0.2) is 0 Å². The topological polar surface area (TPSA) is 44.8 Å². The Morgan fingerprint density at radius 1 is 0.879 bits per heavy atom. The van der Waals surface area contributed by atoms with Crippen molar-refractivity contribution < 1.29 is 9.53 Å². The Morgan fingerprint density at radius 3 is 2.21 bits per heavy atom. The zero-order valence-corrected chi connectivity index (χ0v) is 19.1. The fraction of sp³-hybridized carbons (Fsp3) is 0.250. The van der Waals surface area contributed by atoms with Gasteiger partial charge in [-0.15, -0.1) is 0 Å². The number of para-hydroxylation sites is 2. The van der Waals surface area contributed by atoms with E-state index in [-0.39, 0.29) is 5.91 Å². The minimum atomic E-state index is -0.0740. The number of piperazine rings is 1. The number of hydrogen-bond acceptors (Lipinski definition) is 4. The van der Waals surface area contributed by atoms with E-state index in [1.165, 1.54) is 5.69 Å². The lowest BCUT2D eigenvalue weighted by molar-refractivity contribution is -0.115. The number of amides is 1. The van der Waals surface area contributed by atoms with Gasteiger partial charge in [-0.1, -0.05) is 66.7 Å². The monoisotopic (exact) mass is 441 g/mol. The molecule has 0 bridgehead atoms. The maximum atomic E-state index is 13.2. The van der Waals surface area contributed by atoms with E-state index in [9.17, 15) is 4.79 Å². The van der Waals surface area contributed by atoms with E-state index >= 15 is 0 Å². The van der Waals surface area contributed by atoms with Crippen LogP contribution in [0.2, 0.25) is 0 Å². The number of methoxy groups -OCH3 is 1. The summed E-state index contributed by atoms with van der Waals surface area (Å²) in [4.78, 5) is 18.0. The maximum absolute atomic E-state index is 13.2. The molecular weight excluding hydrogens is 410 g/mol. The van der Waals surface area contributed by atoms with Crippen LogP contribution in [0.5, 0.6) is 5.75 Å². The summed E-state index contributed by atoms with van der Waals surface area (Å²) in [5.41, 5.74) is 3.68. The first-order valence-corrected chi connectivity index (χ1v) is 11.5. The molecule has 4 rings (SSSR count). The number of hydrogen-bond donors (Lipinski definition) is 1. The van der Waals surface area contributed by atoms with Gasteiger partial charge in [-0.3, -0.25) is 9.69 Å². The molecule has 0 radical (unpaired) electrons. The predicted octanol–water partition coefficient (Wildman–Crippen LogP) is 4.17. The zero-order valence-electron chi connectivity index (χ0n) is 19.1. The Bertz CT molecular complexity index is 1060. The molecule has 1 saturated heterocycles. The van der Waals surface area contributed by atoms with Gasteiger partial charge < -0.3 is 15.0 Å². The number of rotatable bonds is 8. The third-order valence-electron chi connectivity index (χ3n) is 5.98. The van der Waals surface area contributed by atoms with E-state index in [2.05, 4.69) is 45.4 Å². The minimum absolute atomic E-state index is 0.0740. The molecule has 5 nitrogen and oxygen atoms in total. The summed E-state index contributed by atoms with van der Waals surface area (Å²) in [6.45, 7) is 5.44. The molecule has 0 atom stereocenters. The Hall–Kier alpha value is -3.57. The fourth-order valence-corrected chi connectivity index (χ4v) is 4.13. The van der Waals surface area contributed by atoms with Crippen molar-refractivity contribution in [3.05, 3.63) is 96.1 Å². The molecule has 1 aliphatic heterocycles. The van der Waals surface area contributed by atoms with Crippen molar-refractivity contribution in [2.45, 2.75) is 0 Å². The van der Waals surface area contributed by atoms with Crippen LogP contribution in [0, 0.1) is 0 Å². The molecule has 1 aliphatic rings. The number of ether oxygens (including phenoxy) is 1. The molecule has 0 aromatic heterocycles. The van der Waals surface area contributed by atoms with Gasteiger partial charge in [-0.2, -0.15) is 0 Å². The number of nitrogens with one attached hydrogen (secondary N) is 1. The molecule has 0 spiro atoms. The second-order valence-electron chi connectivity index (χ2n) is 8.09. The van der Waals surface area contributed by atoms with Gasteiger partial charge >= 0.3 is 0 Å². The van der Waals surface area contributed by atoms with Gasteiger partial charge in [-0.05, 0) is 29.8 Å². The molecule has 1 fully saturated rings. The molecule has 3 aromatic rings. The Kier molecular flexibility index (Phi) is 7.77. The predicted molar refractivity (Wildman–Crippen MR) is 135 cm³/mol. The van der Waals surface area contributed by atoms with Crippen molar-refractivity contribution in [1.82, 2.24) is 10.2 Å². The highest BCUT2D eigenvalue weighted by atomic mass is 16.5. The normalized spacial score (nSPS) is 14.7. The lowest BCUT2D eigenvalue weighted by atomic mass is 10.0. The van der Waals surface area contributed by atoms with Crippen LogP contribution in [0.1, 0.15) is 11.1 Å². The molecule has 170 valence electrons. The molecule has 1 heterocycles. The first-order valence-electron chi connectivity index (χ1n) is 11.5. The quantitative estimate of drug-likeness (QED) is 0.421. The summed E-state index contributed by atoms with van der Waals surface area (Å²) >= 11 is 0. The molecule has 33 heavy (non-hydrogen) atoms. The van der Waals surface area contributed by atoms with Crippen molar-refractivity contribution in [3.8, 4) is 5.75 Å². The Balaban J connectivity index is 1.36. The van der Waals surface area contributed by atoms with Crippen molar-refractivity contribution >= 4 is 23.2 Å². The zero-order chi connectivity index (χ0) is 22.9. The van der Waals surface area contributed by atoms with Gasteiger partial charge in [0.2, 0.25) is 0 Å².